The van der Waals surface area contributed by atoms with Gasteiger partial charge in [0.25, 0.3) is 5.91 Å². The summed E-state index contributed by atoms with van der Waals surface area (Å²) < 4.78 is 12.6. The van der Waals surface area contributed by atoms with Crippen LogP contribution in [0.25, 0.3) is 21.2 Å². The van der Waals surface area contributed by atoms with E-state index in [2.05, 4.69) is 12.1 Å². The highest BCUT2D eigenvalue weighted by atomic mass is 35.5. The van der Waals surface area contributed by atoms with E-state index in [0.29, 0.717) is 34.4 Å². The number of carbonyl (C=O) groups is 2. The predicted molar refractivity (Wildman–Crippen MR) is 185 cm³/mol. The largest absolute Gasteiger partial charge is 0.494 e. The van der Waals surface area contributed by atoms with Crippen LogP contribution in [0.5, 0.6) is 5.75 Å². The number of amides is 2. The molecule has 5 rings (SSSR count). The number of thiophene rings is 1. The third-order valence-corrected chi connectivity index (χ3v) is 10.0. The molecule has 0 aliphatic heterocycles. The molecule has 0 unspecified atom stereocenters. The zero-order valence-electron chi connectivity index (χ0n) is 27.0. The van der Waals surface area contributed by atoms with Crippen molar-refractivity contribution in [1.29, 1.82) is 5.26 Å². The van der Waals surface area contributed by atoms with Crippen LogP contribution in [0.4, 0.5) is 4.79 Å². The van der Waals surface area contributed by atoms with Gasteiger partial charge in [-0.15, -0.1) is 11.3 Å². The monoisotopic (exact) mass is 657 g/mol. The van der Waals surface area contributed by atoms with Crippen molar-refractivity contribution in [2.75, 3.05) is 13.7 Å². The van der Waals surface area contributed by atoms with E-state index in [0.717, 1.165) is 52.5 Å². The first-order chi connectivity index (χ1) is 22.0. The molecule has 1 aliphatic rings. The van der Waals surface area contributed by atoms with Gasteiger partial charge >= 0.3 is 6.09 Å². The topological polar surface area (TPSA) is 82.9 Å². The summed E-state index contributed by atoms with van der Waals surface area (Å²) in [5.74, 6) is 0.593. The average Bonchev–Trinajstić information content (AvgIpc) is 3.39. The minimum atomic E-state index is -0.571. The first kappa shape index (κ1) is 33.3. The van der Waals surface area contributed by atoms with Crippen LogP contribution in [-0.2, 0) is 11.3 Å². The van der Waals surface area contributed by atoms with Crippen molar-refractivity contribution >= 4 is 45.0 Å². The lowest BCUT2D eigenvalue weighted by molar-refractivity contribution is 0.0144. The molecule has 0 saturated heterocycles. The third-order valence-electron chi connectivity index (χ3n) is 8.35. The van der Waals surface area contributed by atoms with Gasteiger partial charge < -0.3 is 19.3 Å². The van der Waals surface area contributed by atoms with E-state index in [-0.39, 0.29) is 24.1 Å². The molecule has 1 aliphatic carbocycles. The molecule has 240 valence electrons. The Balaban J connectivity index is 1.48. The number of nitrogens with zero attached hydrogens (tertiary/aromatic N) is 3. The molecule has 0 bridgehead atoms. The van der Waals surface area contributed by atoms with E-state index in [1.54, 1.807) is 18.0 Å². The van der Waals surface area contributed by atoms with Crippen LogP contribution < -0.4 is 4.74 Å². The minimum absolute atomic E-state index is 0.0192. The van der Waals surface area contributed by atoms with Crippen molar-refractivity contribution in [3.05, 3.63) is 87.8 Å². The number of nitriles is 1. The standard InChI is InChI=1S/C37H40ClN3O4S/c1-6-44-31-19-14-26(25-11-9-10-24(20-25)22-39)21-27(31)23-41(35(42)34-33(38)30-12-7-8-13-32(30)46-34)29-17-15-28(16-18-29)40(5)36(43)45-37(2,3)4/h7-14,19-21,28-29H,6,15-18,23H2,1-5H3/t28-,29-. The maximum atomic E-state index is 14.5. The molecule has 46 heavy (non-hydrogen) atoms. The first-order valence-electron chi connectivity index (χ1n) is 15.7. The second-order valence-electron chi connectivity index (χ2n) is 12.7. The third kappa shape index (κ3) is 7.49. The molecular weight excluding hydrogens is 618 g/mol. The summed E-state index contributed by atoms with van der Waals surface area (Å²) >= 11 is 8.27. The van der Waals surface area contributed by atoms with Crippen LogP contribution in [0.2, 0.25) is 5.02 Å². The van der Waals surface area contributed by atoms with E-state index >= 15 is 0 Å². The van der Waals surface area contributed by atoms with E-state index in [1.165, 1.54) is 11.3 Å². The Morgan fingerprint density at radius 1 is 0.978 bits per heavy atom. The zero-order valence-corrected chi connectivity index (χ0v) is 28.6. The number of hydrogen-bond donors (Lipinski definition) is 0. The van der Waals surface area contributed by atoms with Crippen molar-refractivity contribution in [3.8, 4) is 22.9 Å². The average molecular weight is 658 g/mol. The van der Waals surface area contributed by atoms with Gasteiger partial charge in [-0.3, -0.25) is 4.79 Å². The van der Waals surface area contributed by atoms with Crippen LogP contribution in [0, 0.1) is 11.3 Å². The van der Waals surface area contributed by atoms with Crippen molar-refractivity contribution in [3.63, 3.8) is 0 Å². The molecule has 0 atom stereocenters. The Labute approximate surface area is 280 Å². The van der Waals surface area contributed by atoms with Crippen molar-refractivity contribution in [2.24, 2.45) is 0 Å². The van der Waals surface area contributed by atoms with Gasteiger partial charge in [-0.1, -0.05) is 48.0 Å². The van der Waals surface area contributed by atoms with Gasteiger partial charge in [-0.25, -0.2) is 4.79 Å². The van der Waals surface area contributed by atoms with Gasteiger partial charge in [0.2, 0.25) is 0 Å². The number of rotatable bonds is 8. The van der Waals surface area contributed by atoms with E-state index in [1.807, 2.05) is 87.2 Å². The van der Waals surface area contributed by atoms with Gasteiger partial charge in [0.15, 0.2) is 0 Å². The fraction of sp³-hybridized carbons (Fsp3) is 0.378. The molecule has 0 N–H and O–H groups in total. The highest BCUT2D eigenvalue weighted by Gasteiger charge is 2.35. The first-order valence-corrected chi connectivity index (χ1v) is 16.9. The van der Waals surface area contributed by atoms with E-state index in [9.17, 15) is 14.9 Å². The SMILES string of the molecule is CCOc1ccc(-c2cccc(C#N)c2)cc1CN(C(=O)c1sc2ccccc2c1Cl)[C@H]1CC[C@H](N(C)C(=O)OC(C)(C)C)CC1. The van der Waals surface area contributed by atoms with Gasteiger partial charge in [-0.05, 0) is 94.8 Å². The predicted octanol–water partition coefficient (Wildman–Crippen LogP) is 9.31. The Morgan fingerprint density at radius 2 is 1.67 bits per heavy atom. The molecule has 1 saturated carbocycles. The molecular formula is C37H40ClN3O4S. The highest BCUT2D eigenvalue weighted by molar-refractivity contribution is 7.21. The number of hydrogen-bond acceptors (Lipinski definition) is 6. The summed E-state index contributed by atoms with van der Waals surface area (Å²) in [7, 11) is 1.79. The Morgan fingerprint density at radius 3 is 2.35 bits per heavy atom. The quantitative estimate of drug-likeness (QED) is 0.189. The summed E-state index contributed by atoms with van der Waals surface area (Å²) in [6.45, 7) is 8.34. The van der Waals surface area contributed by atoms with Gasteiger partial charge in [0.1, 0.15) is 16.2 Å². The Bertz CT molecular complexity index is 1760. The molecule has 0 spiro atoms. The smallest absolute Gasteiger partial charge is 0.410 e. The molecule has 9 heteroatoms. The number of ether oxygens (including phenoxy) is 2. The fourth-order valence-electron chi connectivity index (χ4n) is 6.02. The van der Waals surface area contributed by atoms with Crippen LogP contribution in [0.3, 0.4) is 0 Å². The second kappa shape index (κ2) is 14.1. The molecule has 0 radical (unpaired) electrons. The fourth-order valence-corrected chi connectivity index (χ4v) is 7.49. The number of benzene rings is 3. The lowest BCUT2D eigenvalue weighted by atomic mass is 9.89. The molecule has 1 aromatic heterocycles. The van der Waals surface area contributed by atoms with E-state index < -0.39 is 5.60 Å². The lowest BCUT2D eigenvalue weighted by Crippen LogP contribution is -2.47. The van der Waals surface area contributed by atoms with Crippen LogP contribution in [-0.4, -0.2) is 53.1 Å². The maximum Gasteiger partial charge on any atom is 0.410 e. The van der Waals surface area contributed by atoms with Crippen molar-refractivity contribution < 1.29 is 19.1 Å². The Hall–Kier alpha value is -4.06. The van der Waals surface area contributed by atoms with Gasteiger partial charge in [0.05, 0.1) is 23.3 Å². The maximum absolute atomic E-state index is 14.5. The van der Waals surface area contributed by atoms with Crippen LogP contribution >= 0.6 is 22.9 Å². The van der Waals surface area contributed by atoms with Crippen LogP contribution in [0.15, 0.2) is 66.7 Å². The molecule has 2 amide bonds. The number of carbonyl (C=O) groups excluding carboxylic acids is 2. The molecule has 7 nitrogen and oxygen atoms in total. The van der Waals surface area contributed by atoms with Gasteiger partial charge in [0, 0.05) is 41.3 Å². The zero-order chi connectivity index (χ0) is 33.0. The van der Waals surface area contributed by atoms with E-state index in [4.69, 9.17) is 21.1 Å². The summed E-state index contributed by atoms with van der Waals surface area (Å²) in [6, 6.07) is 23.4. The second-order valence-corrected chi connectivity index (χ2v) is 14.1. The lowest BCUT2D eigenvalue weighted by Gasteiger charge is -2.40. The molecule has 4 aromatic rings. The highest BCUT2D eigenvalue weighted by Crippen LogP contribution is 2.39. The van der Waals surface area contributed by atoms with Crippen molar-refractivity contribution in [1.82, 2.24) is 9.80 Å². The summed E-state index contributed by atoms with van der Waals surface area (Å²) in [5.41, 5.74) is 2.74. The molecule has 3 aromatic carbocycles. The van der Waals surface area contributed by atoms with Crippen molar-refractivity contribution in [2.45, 2.75) is 77.6 Å². The number of fused-ring (bicyclic) bond motifs is 1. The van der Waals surface area contributed by atoms with Crippen LogP contribution in [0.1, 0.15) is 74.2 Å². The normalized spacial score (nSPS) is 16.5. The minimum Gasteiger partial charge on any atom is -0.494 e. The number of halogens is 1. The molecule has 1 fully saturated rings. The summed E-state index contributed by atoms with van der Waals surface area (Å²) in [6.07, 6.45) is 2.59. The van der Waals surface area contributed by atoms with Gasteiger partial charge in [-0.2, -0.15) is 5.26 Å². The summed E-state index contributed by atoms with van der Waals surface area (Å²) in [5, 5.41) is 10.8. The summed E-state index contributed by atoms with van der Waals surface area (Å²) in [4.78, 5) is 31.5. The molecule has 1 heterocycles. The Kier molecular flexibility index (Phi) is 10.2.